The number of allylic oxidation sites excluding steroid dienone is 1. The molecule has 1 spiro atoms. The number of esters is 1. The van der Waals surface area contributed by atoms with Gasteiger partial charge in [0.1, 0.15) is 17.6 Å². The number of amides is 2. The quantitative estimate of drug-likeness (QED) is 0.202. The standard InChI is InChI=1S/C33H46N2O6/c1-7-9-13-20-40-31(39)26-25-29(37)35(18-11-10-12-19-36)28(33(25)21-24(5)32(26,6)41-33)30(38)34(17-8-2)27-22(3)15-14-16-23(27)4/h7-8,14-16,24-26,28,36H,1-2,9-13,17-21H2,3-6H3/t24?,25-,26+,28?,32-,33?/m0/s1. The predicted molar refractivity (Wildman–Crippen MR) is 158 cm³/mol. The summed E-state index contributed by atoms with van der Waals surface area (Å²) in [6.07, 6.45) is 7.32. The number of carbonyl (C=O) groups excluding carboxylic acids is 3. The molecule has 1 aromatic rings. The van der Waals surface area contributed by atoms with Crippen molar-refractivity contribution in [2.75, 3.05) is 31.2 Å². The molecule has 6 atom stereocenters. The molecule has 1 aromatic carbocycles. The van der Waals surface area contributed by atoms with E-state index in [1.54, 1.807) is 22.0 Å². The normalized spacial score (nSPS) is 29.9. The number of unbranched alkanes of at least 4 members (excludes halogenated alkanes) is 3. The van der Waals surface area contributed by atoms with Crippen molar-refractivity contribution in [3.8, 4) is 0 Å². The summed E-state index contributed by atoms with van der Waals surface area (Å²) < 4.78 is 12.5. The zero-order valence-electron chi connectivity index (χ0n) is 25.1. The lowest BCUT2D eigenvalue weighted by molar-refractivity contribution is -0.161. The van der Waals surface area contributed by atoms with E-state index in [2.05, 4.69) is 13.2 Å². The Kier molecular flexibility index (Phi) is 9.44. The summed E-state index contributed by atoms with van der Waals surface area (Å²) >= 11 is 0. The van der Waals surface area contributed by atoms with Crippen molar-refractivity contribution in [2.45, 2.75) is 83.5 Å². The Morgan fingerprint density at radius 1 is 1.17 bits per heavy atom. The Hall–Kier alpha value is -2.97. The maximum Gasteiger partial charge on any atom is 0.312 e. The Labute approximate surface area is 244 Å². The third-order valence-corrected chi connectivity index (χ3v) is 9.44. The van der Waals surface area contributed by atoms with E-state index in [4.69, 9.17) is 9.47 Å². The van der Waals surface area contributed by atoms with Gasteiger partial charge in [0.2, 0.25) is 5.91 Å². The molecule has 0 radical (unpaired) electrons. The summed E-state index contributed by atoms with van der Waals surface area (Å²) in [5.41, 5.74) is 0.645. The molecule has 3 aliphatic heterocycles. The molecular weight excluding hydrogens is 520 g/mol. The lowest BCUT2D eigenvalue weighted by Crippen LogP contribution is -2.57. The van der Waals surface area contributed by atoms with Gasteiger partial charge in [0.15, 0.2) is 0 Å². The second-order valence-electron chi connectivity index (χ2n) is 12.1. The number of aliphatic hydroxyl groups excluding tert-OH is 1. The molecule has 1 N–H and O–H groups in total. The van der Waals surface area contributed by atoms with Crippen LogP contribution in [0.1, 0.15) is 63.5 Å². The summed E-state index contributed by atoms with van der Waals surface area (Å²) in [6, 6.07) is 5.01. The lowest BCUT2D eigenvalue weighted by Gasteiger charge is -2.38. The van der Waals surface area contributed by atoms with Gasteiger partial charge >= 0.3 is 5.97 Å². The number of benzene rings is 1. The number of fused-ring (bicyclic) bond motifs is 1. The van der Waals surface area contributed by atoms with Gasteiger partial charge in [-0.3, -0.25) is 14.4 Å². The molecule has 3 heterocycles. The fraction of sp³-hybridized carbons (Fsp3) is 0.606. The molecular formula is C33H46N2O6. The Morgan fingerprint density at radius 2 is 1.88 bits per heavy atom. The van der Waals surface area contributed by atoms with Crippen molar-refractivity contribution in [1.82, 2.24) is 4.90 Å². The number of rotatable bonds is 14. The minimum Gasteiger partial charge on any atom is -0.465 e. The summed E-state index contributed by atoms with van der Waals surface area (Å²) in [5.74, 6) is -2.55. The molecule has 0 saturated carbocycles. The van der Waals surface area contributed by atoms with Gasteiger partial charge in [-0.15, -0.1) is 13.2 Å². The van der Waals surface area contributed by atoms with Crippen LogP contribution in [-0.2, 0) is 23.9 Å². The van der Waals surface area contributed by atoms with E-state index in [0.717, 1.165) is 29.7 Å². The average molecular weight is 567 g/mol. The highest BCUT2D eigenvalue weighted by atomic mass is 16.6. The van der Waals surface area contributed by atoms with E-state index in [9.17, 15) is 19.5 Å². The smallest absolute Gasteiger partial charge is 0.312 e. The number of aliphatic hydroxyl groups is 1. The van der Waals surface area contributed by atoms with Gasteiger partial charge in [-0.1, -0.05) is 37.3 Å². The van der Waals surface area contributed by atoms with E-state index >= 15 is 0 Å². The molecule has 41 heavy (non-hydrogen) atoms. The van der Waals surface area contributed by atoms with Crippen LogP contribution in [0.4, 0.5) is 5.69 Å². The van der Waals surface area contributed by atoms with Gasteiger partial charge in [0, 0.05) is 25.4 Å². The monoisotopic (exact) mass is 566 g/mol. The average Bonchev–Trinajstić information content (AvgIpc) is 3.44. The van der Waals surface area contributed by atoms with Crippen molar-refractivity contribution < 1.29 is 29.0 Å². The van der Waals surface area contributed by atoms with E-state index < -0.39 is 35.0 Å². The number of carbonyl (C=O) groups is 3. The SMILES string of the molecule is C=CCCCOC(=O)[C@H]1[C@H]2C(=O)N(CCCCCO)C(C(=O)N(CC=C)c3c(C)cccc3C)C23CC(C)[C@]1(C)O3. The van der Waals surface area contributed by atoms with E-state index in [-0.39, 0.29) is 37.5 Å². The van der Waals surface area contributed by atoms with Crippen LogP contribution in [-0.4, -0.2) is 71.3 Å². The fourth-order valence-corrected chi connectivity index (χ4v) is 7.48. The summed E-state index contributed by atoms with van der Waals surface area (Å²) in [4.78, 5) is 46.1. The first kappa shape index (κ1) is 31.0. The molecule has 0 aromatic heterocycles. The van der Waals surface area contributed by atoms with Crippen LogP contribution in [0.5, 0.6) is 0 Å². The number of aryl methyl sites for hydroxylation is 2. The van der Waals surface area contributed by atoms with Gasteiger partial charge in [0.05, 0.1) is 18.1 Å². The zero-order chi connectivity index (χ0) is 29.9. The molecule has 8 nitrogen and oxygen atoms in total. The maximum atomic E-state index is 14.8. The number of anilines is 1. The number of likely N-dealkylation sites (tertiary alicyclic amines) is 1. The highest BCUT2D eigenvalue weighted by molar-refractivity contribution is 6.05. The van der Waals surface area contributed by atoms with Gasteiger partial charge in [-0.25, -0.2) is 0 Å². The minimum atomic E-state index is -1.14. The van der Waals surface area contributed by atoms with E-state index in [0.29, 0.717) is 32.2 Å². The third-order valence-electron chi connectivity index (χ3n) is 9.44. The van der Waals surface area contributed by atoms with Crippen molar-refractivity contribution in [1.29, 1.82) is 0 Å². The Balaban J connectivity index is 1.77. The molecule has 224 valence electrons. The topological polar surface area (TPSA) is 96.4 Å². The van der Waals surface area contributed by atoms with Crippen LogP contribution in [0.3, 0.4) is 0 Å². The molecule has 3 saturated heterocycles. The van der Waals surface area contributed by atoms with Crippen LogP contribution < -0.4 is 4.90 Å². The third kappa shape index (κ3) is 5.25. The predicted octanol–water partition coefficient (Wildman–Crippen LogP) is 4.51. The van der Waals surface area contributed by atoms with Gasteiger partial charge in [0.25, 0.3) is 5.91 Å². The fourth-order valence-electron chi connectivity index (χ4n) is 7.48. The molecule has 3 aliphatic rings. The number of para-hydroxylation sites is 1. The highest BCUT2D eigenvalue weighted by Crippen LogP contribution is 2.65. The molecule has 8 heteroatoms. The number of nitrogens with zero attached hydrogens (tertiary/aromatic N) is 2. The van der Waals surface area contributed by atoms with Crippen molar-refractivity contribution in [3.63, 3.8) is 0 Å². The Bertz CT molecular complexity index is 1160. The molecule has 3 unspecified atom stereocenters. The van der Waals surface area contributed by atoms with Crippen LogP contribution in [0.15, 0.2) is 43.5 Å². The largest absolute Gasteiger partial charge is 0.465 e. The highest BCUT2D eigenvalue weighted by Gasteiger charge is 2.80. The number of hydrogen-bond acceptors (Lipinski definition) is 6. The first-order valence-corrected chi connectivity index (χ1v) is 15.0. The maximum absolute atomic E-state index is 14.8. The summed E-state index contributed by atoms with van der Waals surface area (Å²) in [6.45, 7) is 16.4. The first-order chi connectivity index (χ1) is 19.6. The van der Waals surface area contributed by atoms with Gasteiger partial charge in [-0.2, -0.15) is 0 Å². The lowest BCUT2D eigenvalue weighted by atomic mass is 9.62. The minimum absolute atomic E-state index is 0.0602. The van der Waals surface area contributed by atoms with Crippen molar-refractivity contribution in [3.05, 3.63) is 54.6 Å². The zero-order valence-corrected chi connectivity index (χ0v) is 25.1. The second kappa shape index (κ2) is 12.5. The van der Waals surface area contributed by atoms with Crippen molar-refractivity contribution in [2.24, 2.45) is 17.8 Å². The van der Waals surface area contributed by atoms with E-state index in [1.165, 1.54) is 0 Å². The molecule has 2 amide bonds. The Morgan fingerprint density at radius 3 is 2.51 bits per heavy atom. The van der Waals surface area contributed by atoms with Crippen LogP contribution in [0, 0.1) is 31.6 Å². The van der Waals surface area contributed by atoms with Crippen LogP contribution >= 0.6 is 0 Å². The number of hydrogen-bond donors (Lipinski definition) is 1. The second-order valence-corrected chi connectivity index (χ2v) is 12.1. The molecule has 4 rings (SSSR count). The first-order valence-electron chi connectivity index (χ1n) is 15.0. The molecule has 0 aliphatic carbocycles. The van der Waals surface area contributed by atoms with Gasteiger partial charge in [-0.05, 0) is 76.3 Å². The molecule has 2 bridgehead atoms. The van der Waals surface area contributed by atoms with Crippen LogP contribution in [0.25, 0.3) is 0 Å². The summed E-state index contributed by atoms with van der Waals surface area (Å²) in [5, 5.41) is 9.31. The van der Waals surface area contributed by atoms with Crippen LogP contribution in [0.2, 0.25) is 0 Å². The summed E-state index contributed by atoms with van der Waals surface area (Å²) in [7, 11) is 0. The van der Waals surface area contributed by atoms with Gasteiger partial charge < -0.3 is 24.4 Å². The van der Waals surface area contributed by atoms with Crippen molar-refractivity contribution >= 4 is 23.5 Å². The molecule has 3 fully saturated rings. The number of ether oxygens (including phenoxy) is 2. The van der Waals surface area contributed by atoms with E-state index in [1.807, 2.05) is 45.9 Å².